The van der Waals surface area contributed by atoms with Crippen LogP contribution in [0.25, 0.3) is 0 Å². The van der Waals surface area contributed by atoms with E-state index in [0.29, 0.717) is 13.1 Å². The molecule has 0 radical (unpaired) electrons. The molecule has 0 saturated carbocycles. The van der Waals surface area contributed by atoms with Crippen molar-refractivity contribution in [3.8, 4) is 0 Å². The Bertz CT molecular complexity index is 967. The van der Waals surface area contributed by atoms with Crippen molar-refractivity contribution in [3.05, 3.63) is 88.2 Å². The molecule has 1 unspecified atom stereocenters. The average molecular weight is 432 g/mol. The Balaban J connectivity index is 1.70. The van der Waals surface area contributed by atoms with Crippen LogP contribution < -0.4 is 5.32 Å². The molecule has 2 aromatic carbocycles. The first-order valence-corrected chi connectivity index (χ1v) is 9.26. The second-order valence-corrected chi connectivity index (χ2v) is 7.22. The third-order valence-electron chi connectivity index (χ3n) is 4.68. The van der Waals surface area contributed by atoms with Gasteiger partial charge in [-0.15, -0.1) is 0 Å². The number of para-hydroxylation sites is 1. The van der Waals surface area contributed by atoms with E-state index in [2.05, 4.69) is 25.8 Å². The monoisotopic (exact) mass is 431 g/mol. The van der Waals surface area contributed by atoms with Gasteiger partial charge in [0.2, 0.25) is 0 Å². The highest BCUT2D eigenvalue weighted by atomic mass is 79.9. The van der Waals surface area contributed by atoms with Gasteiger partial charge in [-0.25, -0.2) is 13.6 Å². The zero-order valence-corrected chi connectivity index (χ0v) is 15.8. The number of urea groups is 1. The maximum Gasteiger partial charge on any atom is 0.322 e. The van der Waals surface area contributed by atoms with Crippen LogP contribution in [0, 0.1) is 11.6 Å². The molecule has 0 saturated heterocycles. The van der Waals surface area contributed by atoms with Crippen LogP contribution in [0.15, 0.2) is 65.3 Å². The minimum absolute atomic E-state index is 0.350. The van der Waals surface area contributed by atoms with Crippen LogP contribution in [0.5, 0.6) is 0 Å². The molecule has 7 heteroatoms. The van der Waals surface area contributed by atoms with Gasteiger partial charge in [-0.3, -0.25) is 0 Å². The van der Waals surface area contributed by atoms with Gasteiger partial charge < -0.3 is 14.8 Å². The number of hydrogen-bond donors (Lipinski definition) is 1. The van der Waals surface area contributed by atoms with E-state index in [0.717, 1.165) is 27.9 Å². The van der Waals surface area contributed by atoms with Crippen molar-refractivity contribution in [2.45, 2.75) is 12.6 Å². The van der Waals surface area contributed by atoms with Crippen molar-refractivity contribution in [1.29, 1.82) is 0 Å². The van der Waals surface area contributed by atoms with Crippen LogP contribution in [0.4, 0.5) is 19.3 Å². The smallest absolute Gasteiger partial charge is 0.322 e. The van der Waals surface area contributed by atoms with Gasteiger partial charge in [-0.2, -0.15) is 0 Å². The van der Waals surface area contributed by atoms with Crippen LogP contribution >= 0.6 is 15.9 Å². The molecule has 0 fully saturated rings. The minimum Gasteiger partial charge on any atom is -0.348 e. The Kier molecular flexibility index (Phi) is 4.70. The summed E-state index contributed by atoms with van der Waals surface area (Å²) in [7, 11) is 0. The molecular weight excluding hydrogens is 416 g/mol. The summed E-state index contributed by atoms with van der Waals surface area (Å²) < 4.78 is 30.9. The maximum atomic E-state index is 13.9. The molecule has 0 bridgehead atoms. The largest absolute Gasteiger partial charge is 0.348 e. The van der Waals surface area contributed by atoms with Gasteiger partial charge in [0.05, 0.1) is 6.04 Å². The third-order valence-corrected chi connectivity index (χ3v) is 5.21. The lowest BCUT2D eigenvalue weighted by molar-refractivity contribution is 0.181. The molecule has 1 aromatic heterocycles. The molecule has 1 atom stereocenters. The lowest BCUT2D eigenvalue weighted by Gasteiger charge is -2.37. The van der Waals surface area contributed by atoms with Crippen LogP contribution in [-0.2, 0) is 6.54 Å². The number of aromatic nitrogens is 1. The van der Waals surface area contributed by atoms with Gasteiger partial charge in [0.1, 0.15) is 17.3 Å². The summed E-state index contributed by atoms with van der Waals surface area (Å²) in [6.07, 6.45) is 1.97. The fourth-order valence-electron chi connectivity index (χ4n) is 3.39. The number of fused-ring (bicyclic) bond motifs is 1. The van der Waals surface area contributed by atoms with Crippen LogP contribution in [0.3, 0.4) is 0 Å². The SMILES string of the molecule is O=C(Nc1c(F)cccc1F)N1CCn2cccc2C1c1ccc(Br)cc1. The molecule has 0 aliphatic carbocycles. The highest BCUT2D eigenvalue weighted by Gasteiger charge is 2.32. The first-order chi connectivity index (χ1) is 13.0. The number of amides is 2. The number of hydrogen-bond acceptors (Lipinski definition) is 1. The molecule has 4 nitrogen and oxygen atoms in total. The summed E-state index contributed by atoms with van der Waals surface area (Å²) in [6.45, 7) is 1.03. The summed E-state index contributed by atoms with van der Waals surface area (Å²) in [5.41, 5.74) is 1.44. The number of halogens is 3. The molecule has 1 N–H and O–H groups in total. The first kappa shape index (κ1) is 17.7. The Morgan fingerprint density at radius 1 is 1.00 bits per heavy atom. The number of benzene rings is 2. The fraction of sp³-hybridized carbons (Fsp3) is 0.150. The van der Waals surface area contributed by atoms with Gasteiger partial charge in [0, 0.05) is 29.5 Å². The van der Waals surface area contributed by atoms with Crippen molar-refractivity contribution >= 4 is 27.6 Å². The molecule has 3 aromatic rings. The van der Waals surface area contributed by atoms with Crippen LogP contribution in [0.1, 0.15) is 17.3 Å². The van der Waals surface area contributed by atoms with Gasteiger partial charge in [0.25, 0.3) is 0 Å². The maximum absolute atomic E-state index is 13.9. The second-order valence-electron chi connectivity index (χ2n) is 6.30. The van der Waals surface area contributed by atoms with Gasteiger partial charge >= 0.3 is 6.03 Å². The number of nitrogens with zero attached hydrogens (tertiary/aromatic N) is 2. The minimum atomic E-state index is -0.802. The summed E-state index contributed by atoms with van der Waals surface area (Å²) in [5, 5.41) is 2.40. The molecule has 1 aliphatic heterocycles. The topological polar surface area (TPSA) is 37.3 Å². The number of carbonyl (C=O) groups excluding carboxylic acids is 1. The van der Waals surface area contributed by atoms with Crippen molar-refractivity contribution in [3.63, 3.8) is 0 Å². The number of carbonyl (C=O) groups is 1. The van der Waals surface area contributed by atoms with Gasteiger partial charge in [-0.1, -0.05) is 34.1 Å². The number of rotatable bonds is 2. The molecule has 0 spiro atoms. The van der Waals surface area contributed by atoms with E-state index in [1.807, 2.05) is 42.6 Å². The van der Waals surface area contributed by atoms with E-state index in [4.69, 9.17) is 0 Å². The van der Waals surface area contributed by atoms with Crippen molar-refractivity contribution in [2.24, 2.45) is 0 Å². The van der Waals surface area contributed by atoms with Gasteiger partial charge in [0.15, 0.2) is 0 Å². The Labute approximate surface area is 163 Å². The average Bonchev–Trinajstić information content (AvgIpc) is 3.13. The molecule has 27 heavy (non-hydrogen) atoms. The quantitative estimate of drug-likeness (QED) is 0.597. The van der Waals surface area contributed by atoms with Crippen molar-refractivity contribution in [1.82, 2.24) is 9.47 Å². The normalized spacial score (nSPS) is 16.1. The van der Waals surface area contributed by atoms with Crippen LogP contribution in [-0.4, -0.2) is 22.0 Å². The van der Waals surface area contributed by atoms with Crippen LogP contribution in [0.2, 0.25) is 0 Å². The predicted molar refractivity (Wildman–Crippen MR) is 102 cm³/mol. The standard InChI is InChI=1S/C20H16BrF2N3O/c21-14-8-6-13(7-9-14)19-17-5-2-10-25(17)11-12-26(19)20(27)24-18-15(22)3-1-4-16(18)23/h1-10,19H,11-12H2,(H,24,27). The van der Waals surface area contributed by atoms with E-state index >= 15 is 0 Å². The highest BCUT2D eigenvalue weighted by molar-refractivity contribution is 9.10. The Morgan fingerprint density at radius 2 is 1.70 bits per heavy atom. The molecule has 4 rings (SSSR count). The lowest BCUT2D eigenvalue weighted by atomic mass is 10.0. The zero-order valence-electron chi connectivity index (χ0n) is 14.2. The fourth-order valence-corrected chi connectivity index (χ4v) is 3.66. The number of nitrogens with one attached hydrogen (secondary N) is 1. The number of anilines is 1. The summed E-state index contributed by atoms with van der Waals surface area (Å²) in [6, 6.07) is 14.2. The van der Waals surface area contributed by atoms with E-state index in [1.165, 1.54) is 6.07 Å². The van der Waals surface area contributed by atoms with E-state index in [-0.39, 0.29) is 6.04 Å². The van der Waals surface area contributed by atoms with E-state index in [9.17, 15) is 13.6 Å². The second kappa shape index (κ2) is 7.15. The van der Waals surface area contributed by atoms with Crippen molar-refractivity contribution in [2.75, 3.05) is 11.9 Å². The predicted octanol–water partition coefficient (Wildman–Crippen LogP) is 5.17. The summed E-state index contributed by atoms with van der Waals surface area (Å²) in [4.78, 5) is 14.5. The summed E-state index contributed by atoms with van der Waals surface area (Å²) in [5.74, 6) is -1.60. The zero-order chi connectivity index (χ0) is 19.0. The molecule has 2 heterocycles. The van der Waals surface area contributed by atoms with E-state index < -0.39 is 23.4 Å². The highest BCUT2D eigenvalue weighted by Crippen LogP contribution is 2.33. The molecule has 2 amide bonds. The Morgan fingerprint density at radius 3 is 2.41 bits per heavy atom. The first-order valence-electron chi connectivity index (χ1n) is 8.47. The van der Waals surface area contributed by atoms with Crippen molar-refractivity contribution < 1.29 is 13.6 Å². The van der Waals surface area contributed by atoms with E-state index in [1.54, 1.807) is 4.90 Å². The molecule has 1 aliphatic rings. The summed E-state index contributed by atoms with van der Waals surface area (Å²) >= 11 is 3.42. The third kappa shape index (κ3) is 3.35. The molecule has 138 valence electrons. The Hall–Kier alpha value is -2.67. The molecular formula is C20H16BrF2N3O. The lowest BCUT2D eigenvalue weighted by Crippen LogP contribution is -2.44. The van der Waals surface area contributed by atoms with Gasteiger partial charge in [-0.05, 0) is 42.0 Å².